The standard InChI is InChI=1S/C24H17Cl2N3O3S/c25-16-3-7-18(8-4-16)27-22(30)14-29-23(31)21(28-24(29)32)13-15-1-9-19(10-2-15)33-20-11-5-17(26)6-12-20/h1-13H,14H2,(H,27,30)(H,28,32)/b21-13-. The number of benzene rings is 3. The monoisotopic (exact) mass is 497 g/mol. The highest BCUT2D eigenvalue weighted by atomic mass is 35.5. The molecule has 1 aliphatic heterocycles. The predicted octanol–water partition coefficient (Wildman–Crippen LogP) is 5.68. The lowest BCUT2D eigenvalue weighted by atomic mass is 10.2. The molecule has 0 aromatic heterocycles. The summed E-state index contributed by atoms with van der Waals surface area (Å²) in [6.07, 6.45) is 1.58. The molecule has 1 heterocycles. The van der Waals surface area contributed by atoms with Crippen LogP contribution >= 0.6 is 35.0 Å². The summed E-state index contributed by atoms with van der Waals surface area (Å²) in [6, 6.07) is 21.0. The number of carbonyl (C=O) groups is 3. The van der Waals surface area contributed by atoms with Gasteiger partial charge >= 0.3 is 6.03 Å². The van der Waals surface area contributed by atoms with Gasteiger partial charge in [0.05, 0.1) is 0 Å². The van der Waals surface area contributed by atoms with Crippen LogP contribution in [-0.2, 0) is 9.59 Å². The summed E-state index contributed by atoms with van der Waals surface area (Å²) in [6.45, 7) is -0.401. The molecule has 166 valence electrons. The Morgan fingerprint density at radius 1 is 0.879 bits per heavy atom. The second-order valence-electron chi connectivity index (χ2n) is 7.06. The molecule has 6 nitrogen and oxygen atoms in total. The van der Waals surface area contributed by atoms with Gasteiger partial charge in [0.1, 0.15) is 12.2 Å². The van der Waals surface area contributed by atoms with Gasteiger partial charge in [-0.2, -0.15) is 0 Å². The Balaban J connectivity index is 1.39. The van der Waals surface area contributed by atoms with Crippen LogP contribution in [0.5, 0.6) is 0 Å². The van der Waals surface area contributed by atoms with Crippen LogP contribution < -0.4 is 10.6 Å². The summed E-state index contributed by atoms with van der Waals surface area (Å²) in [4.78, 5) is 40.1. The van der Waals surface area contributed by atoms with Crippen LogP contribution in [0.1, 0.15) is 5.56 Å². The fraction of sp³-hybridized carbons (Fsp3) is 0.0417. The number of carbonyl (C=O) groups excluding carboxylic acids is 3. The molecule has 0 aliphatic carbocycles. The van der Waals surface area contributed by atoms with E-state index in [0.29, 0.717) is 15.7 Å². The van der Waals surface area contributed by atoms with E-state index in [4.69, 9.17) is 23.2 Å². The normalized spacial score (nSPS) is 14.5. The number of hydrogen-bond acceptors (Lipinski definition) is 4. The third kappa shape index (κ3) is 5.96. The van der Waals surface area contributed by atoms with Crippen LogP contribution in [0, 0.1) is 0 Å². The second-order valence-corrected chi connectivity index (χ2v) is 9.08. The number of nitrogens with zero attached hydrogens (tertiary/aromatic N) is 1. The number of hydrogen-bond donors (Lipinski definition) is 2. The highest BCUT2D eigenvalue weighted by Crippen LogP contribution is 2.29. The fourth-order valence-corrected chi connectivity index (χ4v) is 4.10. The molecule has 4 amide bonds. The van der Waals surface area contributed by atoms with E-state index in [1.807, 2.05) is 48.5 Å². The minimum Gasteiger partial charge on any atom is -0.325 e. The van der Waals surface area contributed by atoms with E-state index in [0.717, 1.165) is 20.3 Å². The van der Waals surface area contributed by atoms with Crippen LogP contribution in [0.3, 0.4) is 0 Å². The number of anilines is 1. The van der Waals surface area contributed by atoms with E-state index >= 15 is 0 Å². The van der Waals surface area contributed by atoms with Crippen LogP contribution in [0.2, 0.25) is 10.0 Å². The first kappa shape index (κ1) is 22.9. The third-order valence-electron chi connectivity index (χ3n) is 4.63. The van der Waals surface area contributed by atoms with Crippen LogP contribution in [-0.4, -0.2) is 29.3 Å². The smallest absolute Gasteiger partial charge is 0.325 e. The van der Waals surface area contributed by atoms with Gasteiger partial charge in [0, 0.05) is 25.5 Å². The van der Waals surface area contributed by atoms with Crippen molar-refractivity contribution in [2.24, 2.45) is 0 Å². The maximum Gasteiger partial charge on any atom is 0.329 e. The van der Waals surface area contributed by atoms with Crippen LogP contribution in [0.15, 0.2) is 88.3 Å². The third-order valence-corrected chi connectivity index (χ3v) is 6.15. The molecule has 9 heteroatoms. The van der Waals surface area contributed by atoms with Crippen molar-refractivity contribution >= 4 is 64.6 Å². The minimum absolute atomic E-state index is 0.109. The molecule has 0 spiro atoms. The Bertz CT molecular complexity index is 1230. The van der Waals surface area contributed by atoms with E-state index in [2.05, 4.69) is 10.6 Å². The van der Waals surface area contributed by atoms with Gasteiger partial charge in [-0.1, -0.05) is 47.1 Å². The molecule has 33 heavy (non-hydrogen) atoms. The van der Waals surface area contributed by atoms with Crippen molar-refractivity contribution in [3.05, 3.63) is 94.1 Å². The van der Waals surface area contributed by atoms with Gasteiger partial charge in [-0.15, -0.1) is 0 Å². The van der Waals surface area contributed by atoms with Gasteiger partial charge in [-0.05, 0) is 72.3 Å². The van der Waals surface area contributed by atoms with Crippen molar-refractivity contribution in [3.8, 4) is 0 Å². The molecule has 2 N–H and O–H groups in total. The predicted molar refractivity (Wildman–Crippen MR) is 130 cm³/mol. The second kappa shape index (κ2) is 10.1. The summed E-state index contributed by atoms with van der Waals surface area (Å²) < 4.78 is 0. The van der Waals surface area contributed by atoms with Gasteiger partial charge in [-0.25, -0.2) is 9.69 Å². The molecular weight excluding hydrogens is 481 g/mol. The SMILES string of the molecule is O=C(CN1C(=O)N/C(=C\c2ccc(Sc3ccc(Cl)cc3)cc2)C1=O)Nc1ccc(Cl)cc1. The molecule has 3 aromatic carbocycles. The molecular formula is C24H17Cl2N3O3S. The lowest BCUT2D eigenvalue weighted by molar-refractivity contribution is -0.127. The average Bonchev–Trinajstić information content (AvgIpc) is 3.05. The van der Waals surface area contributed by atoms with E-state index in [-0.39, 0.29) is 5.70 Å². The van der Waals surface area contributed by atoms with E-state index in [9.17, 15) is 14.4 Å². The Morgan fingerprint density at radius 2 is 1.42 bits per heavy atom. The average molecular weight is 498 g/mol. The minimum atomic E-state index is -0.646. The maximum atomic E-state index is 12.7. The maximum absolute atomic E-state index is 12.7. The molecule has 0 radical (unpaired) electrons. The van der Waals surface area contributed by atoms with Gasteiger partial charge in [0.2, 0.25) is 5.91 Å². The number of halogens is 2. The zero-order valence-corrected chi connectivity index (χ0v) is 19.4. The summed E-state index contributed by atoms with van der Waals surface area (Å²) >= 11 is 13.3. The Hall–Kier alpha value is -3.26. The highest BCUT2D eigenvalue weighted by Gasteiger charge is 2.34. The highest BCUT2D eigenvalue weighted by molar-refractivity contribution is 7.99. The summed E-state index contributed by atoms with van der Waals surface area (Å²) in [5, 5.41) is 6.37. The summed E-state index contributed by atoms with van der Waals surface area (Å²) in [5.74, 6) is -1.06. The van der Waals surface area contributed by atoms with Crippen molar-refractivity contribution in [3.63, 3.8) is 0 Å². The van der Waals surface area contributed by atoms with Crippen molar-refractivity contribution in [1.82, 2.24) is 10.2 Å². The first-order valence-corrected chi connectivity index (χ1v) is 11.4. The molecule has 0 unspecified atom stereocenters. The van der Waals surface area contributed by atoms with Gasteiger partial charge in [0.15, 0.2) is 0 Å². The van der Waals surface area contributed by atoms with Crippen molar-refractivity contribution in [2.75, 3.05) is 11.9 Å². The molecule has 0 bridgehead atoms. The number of nitrogens with one attached hydrogen (secondary N) is 2. The van der Waals surface area contributed by atoms with Crippen molar-refractivity contribution < 1.29 is 14.4 Å². The van der Waals surface area contributed by atoms with Gasteiger partial charge < -0.3 is 10.6 Å². The molecule has 1 saturated heterocycles. The summed E-state index contributed by atoms with van der Waals surface area (Å²) in [5.41, 5.74) is 1.37. The molecule has 1 aliphatic rings. The van der Waals surface area contributed by atoms with E-state index in [1.54, 1.807) is 42.1 Å². The number of rotatable bonds is 6. The lowest BCUT2D eigenvalue weighted by Crippen LogP contribution is -2.38. The quantitative estimate of drug-likeness (QED) is 0.339. The van der Waals surface area contributed by atoms with Crippen molar-refractivity contribution in [2.45, 2.75) is 9.79 Å². The summed E-state index contributed by atoms with van der Waals surface area (Å²) in [7, 11) is 0. The van der Waals surface area contributed by atoms with E-state index < -0.39 is 24.4 Å². The van der Waals surface area contributed by atoms with Gasteiger partial charge in [0.25, 0.3) is 5.91 Å². The molecule has 1 fully saturated rings. The van der Waals surface area contributed by atoms with Crippen molar-refractivity contribution in [1.29, 1.82) is 0 Å². The van der Waals surface area contributed by atoms with Crippen LogP contribution in [0.4, 0.5) is 10.5 Å². The molecule has 0 saturated carbocycles. The zero-order chi connectivity index (χ0) is 23.4. The number of urea groups is 1. The molecule has 4 rings (SSSR count). The lowest BCUT2D eigenvalue weighted by Gasteiger charge is -2.12. The molecule has 0 atom stereocenters. The van der Waals surface area contributed by atoms with Crippen LogP contribution in [0.25, 0.3) is 6.08 Å². The zero-order valence-electron chi connectivity index (χ0n) is 17.0. The Labute approximate surface area is 204 Å². The van der Waals surface area contributed by atoms with Gasteiger partial charge in [-0.3, -0.25) is 9.59 Å². The first-order chi connectivity index (χ1) is 15.9. The fourth-order valence-electron chi connectivity index (χ4n) is 3.03. The Morgan fingerprint density at radius 3 is 2.03 bits per heavy atom. The van der Waals surface area contributed by atoms with E-state index in [1.165, 1.54) is 0 Å². The number of imide groups is 1. The number of amides is 4. The topological polar surface area (TPSA) is 78.5 Å². The first-order valence-electron chi connectivity index (χ1n) is 9.81. The molecule has 3 aromatic rings. The largest absolute Gasteiger partial charge is 0.329 e. The Kier molecular flexibility index (Phi) is 7.03.